The van der Waals surface area contributed by atoms with Crippen LogP contribution in [0, 0.1) is 12.8 Å². The van der Waals surface area contributed by atoms with E-state index in [1.807, 2.05) is 34.4 Å². The number of ether oxygens (including phenoxy) is 1. The molecule has 1 aliphatic carbocycles. The lowest BCUT2D eigenvalue weighted by molar-refractivity contribution is -0.119. The van der Waals surface area contributed by atoms with Crippen molar-refractivity contribution in [3.05, 3.63) is 47.3 Å². The number of nitrogens with zero attached hydrogens (tertiary/aromatic N) is 5. The standard InChI is InChI=1S/C32H39N7O5S/c1-17(34-28(40)16-45(4,42)43)24-9-7-20-11-26(37(31(20)35-24)15-19-5-6-19)30-18(2)38-27(36-30)12-21(13-29(38)44-3)32(41)39-22-8-10-25(39)23(33)14-22/h7,9,11-13,17,19,22-23,25H,5-6,8,10,14-16,33H2,1-4H3,(H,34,40)/t17-,22+,23-,25-/m1/s1. The van der Waals surface area contributed by atoms with Gasteiger partial charge in [-0.2, -0.15) is 0 Å². The molecule has 2 aliphatic heterocycles. The van der Waals surface area contributed by atoms with E-state index < -0.39 is 27.5 Å². The molecule has 1 saturated carbocycles. The highest BCUT2D eigenvalue weighted by atomic mass is 32.2. The van der Waals surface area contributed by atoms with Crippen molar-refractivity contribution >= 4 is 38.3 Å². The van der Waals surface area contributed by atoms with E-state index in [-0.39, 0.29) is 24.0 Å². The van der Waals surface area contributed by atoms with Crippen molar-refractivity contribution in [1.82, 2.24) is 29.2 Å². The van der Waals surface area contributed by atoms with Crippen LogP contribution in [-0.4, -0.2) is 81.3 Å². The Bertz CT molecular complexity index is 1960. The largest absolute Gasteiger partial charge is 0.482 e. The fourth-order valence-corrected chi connectivity index (χ4v) is 7.77. The Morgan fingerprint density at radius 2 is 1.91 bits per heavy atom. The number of aromatic nitrogens is 4. The van der Waals surface area contributed by atoms with Crippen molar-refractivity contribution in [3.8, 4) is 17.3 Å². The van der Waals surface area contributed by atoms with E-state index in [0.29, 0.717) is 28.7 Å². The number of carbonyl (C=O) groups is 2. The van der Waals surface area contributed by atoms with Crippen molar-refractivity contribution in [2.24, 2.45) is 11.7 Å². The Morgan fingerprint density at radius 3 is 2.56 bits per heavy atom. The summed E-state index contributed by atoms with van der Waals surface area (Å²) < 4.78 is 33.1. The topological polar surface area (TPSA) is 154 Å². The quantitative estimate of drug-likeness (QED) is 0.285. The lowest BCUT2D eigenvalue weighted by atomic mass is 9.97. The number of hydrogen-bond acceptors (Lipinski definition) is 8. The number of carbonyl (C=O) groups excluding carboxylic acids is 2. The van der Waals surface area contributed by atoms with E-state index in [9.17, 15) is 18.0 Å². The average Bonchev–Trinajstić information content (AvgIpc) is 3.30. The number of hydrogen-bond donors (Lipinski definition) is 2. The fourth-order valence-electron chi connectivity index (χ4n) is 7.21. The average molecular weight is 634 g/mol. The van der Waals surface area contributed by atoms with Gasteiger partial charge in [-0.05, 0) is 76.1 Å². The van der Waals surface area contributed by atoms with Crippen molar-refractivity contribution < 1.29 is 22.7 Å². The minimum atomic E-state index is -3.44. The van der Waals surface area contributed by atoms with E-state index in [0.717, 1.165) is 73.0 Å². The molecule has 0 spiro atoms. The van der Waals surface area contributed by atoms with E-state index in [2.05, 4.69) is 16.0 Å². The Balaban J connectivity index is 1.28. The second kappa shape index (κ2) is 10.8. The van der Waals surface area contributed by atoms with Crippen LogP contribution in [0.3, 0.4) is 0 Å². The van der Waals surface area contributed by atoms with Gasteiger partial charge in [-0.3, -0.25) is 14.0 Å². The third-order valence-electron chi connectivity index (χ3n) is 9.55. The van der Waals surface area contributed by atoms with Crippen molar-refractivity contribution in [2.45, 2.75) is 76.7 Å². The summed E-state index contributed by atoms with van der Waals surface area (Å²) in [5.41, 5.74) is 11.5. The van der Waals surface area contributed by atoms with Gasteiger partial charge in [0.05, 0.1) is 30.2 Å². The highest BCUT2D eigenvalue weighted by molar-refractivity contribution is 7.91. The number of nitrogens with two attached hydrogens (primary N) is 1. The molecule has 3 aliphatic rings. The van der Waals surface area contributed by atoms with Gasteiger partial charge in [0, 0.05) is 47.9 Å². The van der Waals surface area contributed by atoms with Crippen LogP contribution < -0.4 is 15.8 Å². The molecule has 6 heterocycles. The Hall–Kier alpha value is -3.97. The summed E-state index contributed by atoms with van der Waals surface area (Å²) in [5, 5.41) is 3.69. The Labute approximate surface area is 261 Å². The summed E-state index contributed by atoms with van der Waals surface area (Å²) in [4.78, 5) is 38.1. The number of aryl methyl sites for hydroxylation is 1. The molecule has 3 N–H and O–H groups in total. The molecule has 3 fully saturated rings. The van der Waals surface area contributed by atoms with Crippen LogP contribution in [0.25, 0.3) is 28.1 Å². The van der Waals surface area contributed by atoms with Gasteiger partial charge in [0.1, 0.15) is 22.7 Å². The molecule has 7 rings (SSSR count). The fraction of sp³-hybridized carbons (Fsp3) is 0.500. The van der Waals surface area contributed by atoms with E-state index in [1.165, 1.54) is 0 Å². The van der Waals surface area contributed by atoms with Crippen LogP contribution in [0.2, 0.25) is 0 Å². The number of pyridine rings is 2. The van der Waals surface area contributed by atoms with Crippen molar-refractivity contribution in [3.63, 3.8) is 0 Å². The van der Waals surface area contributed by atoms with Gasteiger partial charge in [0.2, 0.25) is 5.91 Å². The summed E-state index contributed by atoms with van der Waals surface area (Å²) in [6, 6.07) is 9.35. The molecule has 0 unspecified atom stereocenters. The molecule has 12 nitrogen and oxygen atoms in total. The first-order valence-electron chi connectivity index (χ1n) is 15.5. The third kappa shape index (κ3) is 5.35. The van der Waals surface area contributed by atoms with Crippen LogP contribution in [0.1, 0.15) is 66.8 Å². The van der Waals surface area contributed by atoms with Gasteiger partial charge < -0.3 is 25.3 Å². The van der Waals surface area contributed by atoms with Crippen LogP contribution in [-0.2, 0) is 21.2 Å². The first-order chi connectivity index (χ1) is 21.4. The molecule has 45 heavy (non-hydrogen) atoms. The number of imidazole rings is 1. The van der Waals surface area contributed by atoms with E-state index in [1.54, 1.807) is 20.1 Å². The smallest absolute Gasteiger partial charge is 0.254 e. The number of sulfone groups is 1. The second-order valence-electron chi connectivity index (χ2n) is 13.0. The number of nitrogens with one attached hydrogen (secondary N) is 1. The summed E-state index contributed by atoms with van der Waals surface area (Å²) >= 11 is 0. The van der Waals surface area contributed by atoms with Gasteiger partial charge >= 0.3 is 0 Å². The monoisotopic (exact) mass is 633 g/mol. The van der Waals surface area contributed by atoms with Crippen LogP contribution in [0.15, 0.2) is 30.3 Å². The molecule has 238 valence electrons. The zero-order valence-electron chi connectivity index (χ0n) is 26.0. The summed E-state index contributed by atoms with van der Waals surface area (Å²) in [7, 11) is -1.84. The molecular formula is C32H39N7O5S. The molecule has 0 radical (unpaired) electrons. The zero-order chi connectivity index (χ0) is 31.8. The van der Waals surface area contributed by atoms with Gasteiger partial charge in [-0.1, -0.05) is 0 Å². The zero-order valence-corrected chi connectivity index (χ0v) is 26.8. The highest BCUT2D eigenvalue weighted by Gasteiger charge is 2.47. The van der Waals surface area contributed by atoms with Crippen molar-refractivity contribution in [1.29, 1.82) is 0 Å². The Morgan fingerprint density at radius 1 is 1.13 bits per heavy atom. The second-order valence-corrected chi connectivity index (χ2v) is 15.2. The van der Waals surface area contributed by atoms with Crippen LogP contribution in [0.4, 0.5) is 0 Å². The first kappa shape index (κ1) is 29.7. The van der Waals surface area contributed by atoms with Gasteiger partial charge in [0.25, 0.3) is 5.91 Å². The number of rotatable bonds is 9. The van der Waals surface area contributed by atoms with E-state index in [4.69, 9.17) is 20.4 Å². The molecule has 4 aromatic rings. The lowest BCUT2D eigenvalue weighted by Crippen LogP contribution is -2.40. The third-order valence-corrected chi connectivity index (χ3v) is 10.3. The van der Waals surface area contributed by atoms with E-state index >= 15 is 0 Å². The number of amides is 2. The van der Waals surface area contributed by atoms with Crippen molar-refractivity contribution in [2.75, 3.05) is 19.1 Å². The van der Waals surface area contributed by atoms with Crippen LogP contribution >= 0.6 is 0 Å². The number of methoxy groups -OCH3 is 1. The molecule has 0 aromatic carbocycles. The molecule has 2 bridgehead atoms. The van der Waals surface area contributed by atoms with Gasteiger partial charge in [-0.25, -0.2) is 18.4 Å². The van der Waals surface area contributed by atoms with Gasteiger partial charge in [-0.15, -0.1) is 0 Å². The Kier molecular flexibility index (Phi) is 7.16. The highest BCUT2D eigenvalue weighted by Crippen LogP contribution is 2.40. The first-order valence-corrected chi connectivity index (χ1v) is 17.6. The molecule has 2 amide bonds. The minimum absolute atomic E-state index is 0.0212. The maximum atomic E-state index is 13.8. The SMILES string of the molecule is COc1cc(C(=O)N2[C@H]3CC[C@@H]2[C@H](N)C3)cc2nc(-c3cc4ccc([C@@H](C)NC(=O)CS(C)(=O)=O)nc4n3CC3CC3)c(C)n12. The van der Waals surface area contributed by atoms with Gasteiger partial charge in [0.15, 0.2) is 15.7 Å². The normalized spacial score (nSPS) is 22.0. The lowest BCUT2D eigenvalue weighted by Gasteiger charge is -2.23. The number of fused-ring (bicyclic) bond motifs is 4. The summed E-state index contributed by atoms with van der Waals surface area (Å²) in [6.45, 7) is 4.56. The predicted molar refractivity (Wildman–Crippen MR) is 170 cm³/mol. The van der Waals surface area contributed by atoms with Crippen LogP contribution in [0.5, 0.6) is 5.88 Å². The molecule has 13 heteroatoms. The predicted octanol–water partition coefficient (Wildman–Crippen LogP) is 3.00. The molecule has 2 saturated heterocycles. The maximum absolute atomic E-state index is 13.8. The summed E-state index contributed by atoms with van der Waals surface area (Å²) in [6.07, 6.45) is 6.09. The molecular weight excluding hydrogens is 594 g/mol. The molecule has 4 aromatic heterocycles. The maximum Gasteiger partial charge on any atom is 0.254 e. The minimum Gasteiger partial charge on any atom is -0.482 e. The molecule has 4 atom stereocenters. The summed E-state index contributed by atoms with van der Waals surface area (Å²) in [5.74, 6) is -0.0933.